The van der Waals surface area contributed by atoms with Gasteiger partial charge in [0.05, 0.1) is 11.3 Å². The number of carbonyl (C=O) groups is 3. The number of primary amides is 1. The molecule has 19 heavy (non-hydrogen) atoms. The maximum Gasteiger partial charge on any atom is 0.337 e. The van der Waals surface area contributed by atoms with Gasteiger partial charge in [-0.1, -0.05) is 0 Å². The van der Waals surface area contributed by atoms with Gasteiger partial charge in [0.15, 0.2) is 0 Å². The number of hydrogen-bond donors (Lipinski definition) is 4. The number of nitrogens with two attached hydrogens (primary N) is 1. The molecule has 0 aliphatic rings. The molecule has 0 aliphatic carbocycles. The van der Waals surface area contributed by atoms with Gasteiger partial charge in [0.2, 0.25) is 5.91 Å². The number of carboxylic acid groups (broad SMARTS) is 1. The van der Waals surface area contributed by atoms with Crippen LogP contribution in [0.5, 0.6) is 0 Å². The zero-order chi connectivity index (χ0) is 14.4. The number of amides is 3. The summed E-state index contributed by atoms with van der Waals surface area (Å²) in [6.45, 7) is -0.00110. The van der Waals surface area contributed by atoms with Gasteiger partial charge in [-0.3, -0.25) is 4.79 Å². The van der Waals surface area contributed by atoms with Gasteiger partial charge in [0.25, 0.3) is 0 Å². The van der Waals surface area contributed by atoms with Crippen LogP contribution in [0.2, 0.25) is 0 Å². The standard InChI is InChI=1S/C11H12FN3O4/c12-6-1-2-7(10(17)18)8(5-6)15-11(19)14-4-3-9(13)16/h1-2,5H,3-4H2,(H2,13,16)(H,17,18)(H2,14,15,19). The summed E-state index contributed by atoms with van der Waals surface area (Å²) in [7, 11) is 0. The molecule has 0 heterocycles. The Morgan fingerprint density at radius 1 is 1.32 bits per heavy atom. The van der Waals surface area contributed by atoms with Gasteiger partial charge in [-0.2, -0.15) is 0 Å². The maximum absolute atomic E-state index is 13.0. The van der Waals surface area contributed by atoms with E-state index in [0.29, 0.717) is 0 Å². The number of carbonyl (C=O) groups excluding carboxylic acids is 2. The first kappa shape index (κ1) is 14.4. The Hall–Kier alpha value is -2.64. The topological polar surface area (TPSA) is 122 Å². The monoisotopic (exact) mass is 269 g/mol. The van der Waals surface area contributed by atoms with Gasteiger partial charge in [0.1, 0.15) is 5.82 Å². The molecule has 8 heteroatoms. The third-order valence-electron chi connectivity index (χ3n) is 2.12. The van der Waals surface area contributed by atoms with E-state index in [0.717, 1.165) is 18.2 Å². The lowest BCUT2D eigenvalue weighted by molar-refractivity contribution is -0.117. The molecule has 7 nitrogen and oxygen atoms in total. The third-order valence-corrected chi connectivity index (χ3v) is 2.12. The fraction of sp³-hybridized carbons (Fsp3) is 0.182. The van der Waals surface area contributed by atoms with Crippen molar-refractivity contribution in [1.82, 2.24) is 5.32 Å². The summed E-state index contributed by atoms with van der Waals surface area (Å²) in [5, 5.41) is 13.3. The van der Waals surface area contributed by atoms with Gasteiger partial charge < -0.3 is 21.5 Å². The lowest BCUT2D eigenvalue weighted by Crippen LogP contribution is -2.32. The second-order valence-corrected chi connectivity index (χ2v) is 3.59. The van der Waals surface area contributed by atoms with Crippen molar-refractivity contribution < 1.29 is 23.9 Å². The summed E-state index contributed by atoms with van der Waals surface area (Å²) in [6, 6.07) is 2.14. The van der Waals surface area contributed by atoms with E-state index in [1.54, 1.807) is 0 Å². The van der Waals surface area contributed by atoms with Gasteiger partial charge >= 0.3 is 12.0 Å². The highest BCUT2D eigenvalue weighted by Gasteiger charge is 2.13. The van der Waals surface area contributed by atoms with Crippen molar-refractivity contribution in [2.45, 2.75) is 6.42 Å². The minimum Gasteiger partial charge on any atom is -0.478 e. The Kier molecular flexibility index (Phi) is 4.81. The molecule has 0 spiro atoms. The highest BCUT2D eigenvalue weighted by molar-refractivity contribution is 6.00. The zero-order valence-electron chi connectivity index (χ0n) is 9.77. The predicted octanol–water partition coefficient (Wildman–Crippen LogP) is 0.521. The summed E-state index contributed by atoms with van der Waals surface area (Å²) in [4.78, 5) is 32.7. The number of rotatable bonds is 5. The SMILES string of the molecule is NC(=O)CCNC(=O)Nc1cc(F)ccc1C(=O)O. The normalized spacial score (nSPS) is 9.74. The molecular formula is C11H12FN3O4. The zero-order valence-corrected chi connectivity index (χ0v) is 9.77. The molecule has 0 aromatic heterocycles. The van der Waals surface area contributed by atoms with Crippen molar-refractivity contribution in [3.63, 3.8) is 0 Å². The molecule has 1 aromatic carbocycles. The molecule has 0 aliphatic heterocycles. The summed E-state index contributed by atoms with van der Waals surface area (Å²) in [5.41, 5.74) is 4.46. The van der Waals surface area contributed by atoms with Crippen LogP contribution < -0.4 is 16.4 Å². The van der Waals surface area contributed by atoms with Crippen LogP contribution in [-0.4, -0.2) is 29.6 Å². The fourth-order valence-corrected chi connectivity index (χ4v) is 1.27. The van der Waals surface area contributed by atoms with Crippen molar-refractivity contribution in [3.8, 4) is 0 Å². The Labute approximate surface area is 107 Å². The van der Waals surface area contributed by atoms with Crippen LogP contribution in [0.15, 0.2) is 18.2 Å². The maximum atomic E-state index is 13.0. The molecular weight excluding hydrogens is 257 g/mol. The molecule has 0 saturated heterocycles. The van der Waals surface area contributed by atoms with Crippen molar-refractivity contribution in [2.75, 3.05) is 11.9 Å². The van der Waals surface area contributed by atoms with Crippen LogP contribution in [-0.2, 0) is 4.79 Å². The van der Waals surface area contributed by atoms with E-state index in [1.165, 1.54) is 0 Å². The number of nitrogens with one attached hydrogen (secondary N) is 2. The predicted molar refractivity (Wildman–Crippen MR) is 64.2 cm³/mol. The molecule has 0 unspecified atom stereocenters. The van der Waals surface area contributed by atoms with E-state index in [4.69, 9.17) is 10.8 Å². The van der Waals surface area contributed by atoms with Crippen molar-refractivity contribution in [2.24, 2.45) is 5.73 Å². The lowest BCUT2D eigenvalue weighted by Gasteiger charge is -2.09. The molecule has 102 valence electrons. The van der Waals surface area contributed by atoms with Crippen molar-refractivity contribution in [1.29, 1.82) is 0 Å². The smallest absolute Gasteiger partial charge is 0.337 e. The molecule has 0 bridgehead atoms. The Morgan fingerprint density at radius 2 is 2.00 bits per heavy atom. The average molecular weight is 269 g/mol. The van der Waals surface area contributed by atoms with Crippen LogP contribution in [0.3, 0.4) is 0 Å². The first-order valence-electron chi connectivity index (χ1n) is 5.26. The fourth-order valence-electron chi connectivity index (χ4n) is 1.27. The first-order chi connectivity index (χ1) is 8.90. The second kappa shape index (κ2) is 6.34. The van der Waals surface area contributed by atoms with Crippen molar-refractivity contribution in [3.05, 3.63) is 29.6 Å². The Bertz CT molecular complexity index is 519. The molecule has 3 amide bonds. The number of hydrogen-bond acceptors (Lipinski definition) is 3. The Morgan fingerprint density at radius 3 is 2.58 bits per heavy atom. The highest BCUT2D eigenvalue weighted by atomic mass is 19.1. The molecule has 0 fully saturated rings. The molecule has 0 radical (unpaired) electrons. The van der Waals surface area contributed by atoms with Crippen LogP contribution in [0.1, 0.15) is 16.8 Å². The summed E-state index contributed by atoms with van der Waals surface area (Å²) >= 11 is 0. The highest BCUT2D eigenvalue weighted by Crippen LogP contribution is 2.17. The van der Waals surface area contributed by atoms with Crippen LogP contribution in [0.25, 0.3) is 0 Å². The summed E-state index contributed by atoms with van der Waals surface area (Å²) in [5.74, 6) is -2.57. The van der Waals surface area contributed by atoms with Gasteiger partial charge in [-0.15, -0.1) is 0 Å². The minimum absolute atomic E-state index is 0.00110. The summed E-state index contributed by atoms with van der Waals surface area (Å²) < 4.78 is 13.0. The number of aromatic carboxylic acids is 1. The van der Waals surface area contributed by atoms with E-state index < -0.39 is 23.7 Å². The second-order valence-electron chi connectivity index (χ2n) is 3.59. The largest absolute Gasteiger partial charge is 0.478 e. The van der Waals surface area contributed by atoms with Crippen molar-refractivity contribution >= 4 is 23.6 Å². The van der Waals surface area contributed by atoms with Gasteiger partial charge in [-0.05, 0) is 18.2 Å². The van der Waals surface area contributed by atoms with E-state index >= 15 is 0 Å². The van der Waals surface area contributed by atoms with Crippen LogP contribution in [0.4, 0.5) is 14.9 Å². The van der Waals surface area contributed by atoms with Gasteiger partial charge in [0, 0.05) is 13.0 Å². The molecule has 1 rings (SSSR count). The molecule has 5 N–H and O–H groups in total. The quantitative estimate of drug-likeness (QED) is 0.622. The third kappa shape index (κ3) is 4.62. The molecule has 0 atom stereocenters. The number of anilines is 1. The van der Waals surface area contributed by atoms with Gasteiger partial charge in [-0.25, -0.2) is 14.0 Å². The number of urea groups is 1. The lowest BCUT2D eigenvalue weighted by atomic mass is 10.2. The number of carboxylic acids is 1. The van der Waals surface area contributed by atoms with E-state index in [9.17, 15) is 18.8 Å². The molecule has 1 aromatic rings. The number of benzene rings is 1. The average Bonchev–Trinajstić information content (AvgIpc) is 2.27. The van der Waals surface area contributed by atoms with Crippen LogP contribution >= 0.6 is 0 Å². The van der Waals surface area contributed by atoms with E-state index in [1.807, 2.05) is 0 Å². The van der Waals surface area contributed by atoms with E-state index in [-0.39, 0.29) is 24.2 Å². The van der Waals surface area contributed by atoms with Crippen LogP contribution in [0, 0.1) is 5.82 Å². The van der Waals surface area contributed by atoms with E-state index in [2.05, 4.69) is 10.6 Å². The number of halogens is 1. The first-order valence-corrected chi connectivity index (χ1v) is 5.26. The summed E-state index contributed by atoms with van der Waals surface area (Å²) in [6.07, 6.45) is -0.0532. The minimum atomic E-state index is -1.30. The Balaban J connectivity index is 2.70. The molecule has 0 saturated carbocycles.